The molecule has 360 valence electrons. The lowest BCUT2D eigenvalue weighted by molar-refractivity contribution is 0.0702. The van der Waals surface area contributed by atoms with Gasteiger partial charge in [0.25, 0.3) is 34.4 Å². The third-order valence-corrected chi connectivity index (χ3v) is 11.4. The standard InChI is InChI=1S/C51H57N9O9/c61-46-22-10-19-43(58(46)67-37-40-13-4-1-5-14-40)49(64)52-25-28-55-31-33-56(29-26-53-50(65)44-20-11-23-47(62)59(44)68-38-41-15-6-2-7-16-41)35-36-57(34-32-55)30-27-54-51(66)45-21-12-24-48(63)60(45)69-39-42-17-8-3-9-18-42/h1-24H,25-39H2,(H,52,64)(H,53,65)(H,54,66). The molecule has 3 aromatic carbocycles. The van der Waals surface area contributed by atoms with Gasteiger partial charge in [0.1, 0.15) is 36.9 Å². The van der Waals surface area contributed by atoms with Crippen molar-refractivity contribution < 1.29 is 28.9 Å². The van der Waals surface area contributed by atoms with Gasteiger partial charge < -0.3 is 30.5 Å². The van der Waals surface area contributed by atoms with Crippen LogP contribution in [0.15, 0.2) is 160 Å². The molecule has 3 amide bonds. The highest BCUT2D eigenvalue weighted by molar-refractivity contribution is 5.93. The first-order valence-corrected chi connectivity index (χ1v) is 22.9. The summed E-state index contributed by atoms with van der Waals surface area (Å²) in [6.07, 6.45) is 0. The molecule has 1 aliphatic rings. The van der Waals surface area contributed by atoms with Gasteiger partial charge in [-0.05, 0) is 34.9 Å². The number of carbonyl (C=O) groups is 3. The zero-order chi connectivity index (χ0) is 48.2. The Hall–Kier alpha value is -7.80. The summed E-state index contributed by atoms with van der Waals surface area (Å²) in [5.41, 5.74) is 1.38. The van der Waals surface area contributed by atoms with E-state index in [0.29, 0.717) is 58.9 Å². The Labute approximate surface area is 399 Å². The third kappa shape index (κ3) is 14.6. The Bertz CT molecular complexity index is 2470. The van der Waals surface area contributed by atoms with Gasteiger partial charge in [0, 0.05) is 96.7 Å². The van der Waals surface area contributed by atoms with Gasteiger partial charge in [-0.1, -0.05) is 109 Å². The minimum Gasteiger partial charge on any atom is -0.405 e. The number of benzene rings is 3. The summed E-state index contributed by atoms with van der Waals surface area (Å²) < 4.78 is 3.04. The molecule has 0 saturated carbocycles. The highest BCUT2D eigenvalue weighted by Crippen LogP contribution is 2.06. The number of hydrogen-bond acceptors (Lipinski definition) is 12. The second-order valence-electron chi connectivity index (χ2n) is 16.2. The summed E-state index contributed by atoms with van der Waals surface area (Å²) >= 11 is 0. The number of amides is 3. The van der Waals surface area contributed by atoms with Crippen LogP contribution in [0, 0.1) is 0 Å². The molecule has 1 fully saturated rings. The van der Waals surface area contributed by atoms with E-state index < -0.39 is 34.4 Å². The van der Waals surface area contributed by atoms with E-state index in [0.717, 1.165) is 30.9 Å². The van der Waals surface area contributed by atoms with Crippen LogP contribution in [0.3, 0.4) is 0 Å². The van der Waals surface area contributed by atoms with Crippen LogP contribution in [-0.4, -0.2) is 125 Å². The Balaban J connectivity index is 0.973. The quantitative estimate of drug-likeness (QED) is 0.0947. The number of nitrogens with zero attached hydrogens (tertiary/aromatic N) is 6. The van der Waals surface area contributed by atoms with Crippen LogP contribution in [0.5, 0.6) is 0 Å². The van der Waals surface area contributed by atoms with Crippen LogP contribution < -0.4 is 47.1 Å². The monoisotopic (exact) mass is 939 g/mol. The fourth-order valence-electron chi connectivity index (χ4n) is 7.58. The van der Waals surface area contributed by atoms with E-state index in [4.69, 9.17) is 14.5 Å². The maximum Gasteiger partial charge on any atom is 0.283 e. The minimum atomic E-state index is -0.463. The Kier molecular flexibility index (Phi) is 18.1. The molecule has 18 nitrogen and oxygen atoms in total. The first kappa shape index (κ1) is 49.1. The molecule has 6 aromatic rings. The molecule has 3 N–H and O–H groups in total. The molecular weight excluding hydrogens is 883 g/mol. The molecule has 0 atom stereocenters. The van der Waals surface area contributed by atoms with Crippen LogP contribution in [0.25, 0.3) is 0 Å². The van der Waals surface area contributed by atoms with Crippen molar-refractivity contribution in [1.82, 2.24) is 44.8 Å². The molecule has 0 spiro atoms. The van der Waals surface area contributed by atoms with Crippen LogP contribution >= 0.6 is 0 Å². The summed E-state index contributed by atoms with van der Waals surface area (Å²) in [4.78, 5) is 103. The third-order valence-electron chi connectivity index (χ3n) is 11.4. The first-order valence-electron chi connectivity index (χ1n) is 22.9. The minimum absolute atomic E-state index is 0.0786. The second-order valence-corrected chi connectivity index (χ2v) is 16.2. The first-order chi connectivity index (χ1) is 33.7. The van der Waals surface area contributed by atoms with Crippen molar-refractivity contribution in [3.8, 4) is 0 Å². The summed E-state index contributed by atoms with van der Waals surface area (Å²) in [5.74, 6) is -1.37. The van der Waals surface area contributed by atoms with Crippen molar-refractivity contribution >= 4 is 17.7 Å². The molecule has 0 radical (unpaired) electrons. The predicted molar refractivity (Wildman–Crippen MR) is 259 cm³/mol. The molecule has 3 aromatic heterocycles. The van der Waals surface area contributed by atoms with Crippen molar-refractivity contribution in [3.63, 3.8) is 0 Å². The highest BCUT2D eigenvalue weighted by Gasteiger charge is 2.21. The molecule has 1 saturated heterocycles. The van der Waals surface area contributed by atoms with Crippen molar-refractivity contribution in [3.05, 3.63) is 210 Å². The number of nitrogens with one attached hydrogen (secondary N) is 3. The van der Waals surface area contributed by atoms with Crippen molar-refractivity contribution in [2.75, 3.05) is 78.5 Å². The normalized spacial score (nSPS) is 13.6. The zero-order valence-corrected chi connectivity index (χ0v) is 38.3. The van der Waals surface area contributed by atoms with Gasteiger partial charge in [0.15, 0.2) is 0 Å². The van der Waals surface area contributed by atoms with E-state index in [1.54, 1.807) is 18.2 Å². The smallest absolute Gasteiger partial charge is 0.283 e. The fourth-order valence-corrected chi connectivity index (χ4v) is 7.58. The average molecular weight is 940 g/mol. The van der Waals surface area contributed by atoms with Gasteiger partial charge in [0.2, 0.25) is 0 Å². The molecule has 0 bridgehead atoms. The van der Waals surface area contributed by atoms with Gasteiger partial charge in [-0.2, -0.15) is 0 Å². The van der Waals surface area contributed by atoms with Crippen molar-refractivity contribution in [1.29, 1.82) is 0 Å². The molecule has 1 aliphatic heterocycles. The van der Waals surface area contributed by atoms with E-state index in [2.05, 4.69) is 30.7 Å². The van der Waals surface area contributed by atoms with Crippen molar-refractivity contribution in [2.45, 2.75) is 19.8 Å². The summed E-state index contributed by atoms with van der Waals surface area (Å²) in [6, 6.07) is 41.3. The van der Waals surface area contributed by atoms with Crippen LogP contribution in [-0.2, 0) is 19.8 Å². The van der Waals surface area contributed by atoms with E-state index >= 15 is 0 Å². The molecule has 69 heavy (non-hydrogen) atoms. The highest BCUT2D eigenvalue weighted by atomic mass is 16.7. The van der Waals surface area contributed by atoms with E-state index in [1.165, 1.54) is 36.4 Å². The molecule has 0 unspecified atom stereocenters. The van der Waals surface area contributed by atoms with Gasteiger partial charge in [0.05, 0.1) is 0 Å². The molecule has 18 heteroatoms. The SMILES string of the molecule is O=C(NCCN1CCN(CCNC(=O)c2cccc(=O)n2OCc2ccccc2)CCN(CCNC(=O)c2cccc(=O)n2OCc2ccccc2)CC1)c1cccc(=O)n1OCc1ccccc1. The summed E-state index contributed by atoms with van der Waals surface area (Å²) in [6.45, 7) is 6.49. The predicted octanol–water partition coefficient (Wildman–Crippen LogP) is 1.57. The summed E-state index contributed by atoms with van der Waals surface area (Å²) in [7, 11) is 0. The number of pyridine rings is 3. The van der Waals surface area contributed by atoms with Gasteiger partial charge in [-0.25, -0.2) is 0 Å². The molecule has 0 aliphatic carbocycles. The van der Waals surface area contributed by atoms with Crippen LogP contribution in [0.4, 0.5) is 0 Å². The van der Waals surface area contributed by atoms with Crippen LogP contribution in [0.1, 0.15) is 48.2 Å². The Morgan fingerprint density at radius 2 is 0.623 bits per heavy atom. The van der Waals surface area contributed by atoms with E-state index in [-0.39, 0.29) is 56.5 Å². The fraction of sp³-hybridized carbons (Fsp3) is 0.294. The number of carbonyl (C=O) groups excluding carboxylic acids is 3. The van der Waals surface area contributed by atoms with E-state index in [9.17, 15) is 28.8 Å². The topological polar surface area (TPSA) is 191 Å². The van der Waals surface area contributed by atoms with Crippen molar-refractivity contribution in [2.24, 2.45) is 0 Å². The van der Waals surface area contributed by atoms with Gasteiger partial charge >= 0.3 is 0 Å². The zero-order valence-electron chi connectivity index (χ0n) is 38.3. The lowest BCUT2D eigenvalue weighted by Gasteiger charge is -2.26. The number of aromatic nitrogens is 3. The van der Waals surface area contributed by atoms with Gasteiger partial charge in [-0.15, -0.1) is 14.2 Å². The molecular formula is C51H57N9O9. The summed E-state index contributed by atoms with van der Waals surface area (Å²) in [5, 5.41) is 8.86. The van der Waals surface area contributed by atoms with E-state index in [1.807, 2.05) is 91.0 Å². The average Bonchev–Trinajstić information content (AvgIpc) is 3.46. The molecule has 4 heterocycles. The second kappa shape index (κ2) is 25.4. The lowest BCUT2D eigenvalue weighted by atomic mass is 10.2. The Morgan fingerprint density at radius 1 is 0.362 bits per heavy atom. The van der Waals surface area contributed by atoms with Crippen LogP contribution in [0.2, 0.25) is 0 Å². The largest absolute Gasteiger partial charge is 0.405 e. The maximum absolute atomic E-state index is 13.5. The Morgan fingerprint density at radius 3 is 0.884 bits per heavy atom. The number of rotatable bonds is 21. The maximum atomic E-state index is 13.5. The van der Waals surface area contributed by atoms with Gasteiger partial charge in [-0.3, -0.25) is 43.5 Å². The lowest BCUT2D eigenvalue weighted by Crippen LogP contribution is -2.43. The molecule has 7 rings (SSSR count). The number of hydrogen-bond donors (Lipinski definition) is 3.